The SMILES string of the molecule is Cc1cc(C(=O)NC2CCCCCC2)nc(N2CCN(c3ncccn3)CC2)n1. The van der Waals surface area contributed by atoms with Crippen LogP contribution in [0.2, 0.25) is 0 Å². The lowest BCUT2D eigenvalue weighted by Gasteiger charge is -2.34. The molecule has 0 spiro atoms. The van der Waals surface area contributed by atoms with Crippen LogP contribution in [0.3, 0.4) is 0 Å². The van der Waals surface area contributed by atoms with E-state index in [4.69, 9.17) is 0 Å². The summed E-state index contributed by atoms with van der Waals surface area (Å²) in [7, 11) is 0. The van der Waals surface area contributed by atoms with Gasteiger partial charge in [0.15, 0.2) is 0 Å². The third-order valence-corrected chi connectivity index (χ3v) is 5.66. The maximum absolute atomic E-state index is 12.8. The van der Waals surface area contributed by atoms with Crippen molar-refractivity contribution in [1.29, 1.82) is 0 Å². The Bertz CT molecular complexity index is 813. The van der Waals surface area contributed by atoms with Gasteiger partial charge in [0.05, 0.1) is 0 Å². The second kappa shape index (κ2) is 9.15. The highest BCUT2D eigenvalue weighted by Crippen LogP contribution is 2.19. The van der Waals surface area contributed by atoms with Crippen molar-refractivity contribution in [2.24, 2.45) is 0 Å². The monoisotopic (exact) mass is 395 g/mol. The summed E-state index contributed by atoms with van der Waals surface area (Å²) in [6.45, 7) is 5.05. The summed E-state index contributed by atoms with van der Waals surface area (Å²) in [5.74, 6) is 1.30. The number of aromatic nitrogens is 4. The van der Waals surface area contributed by atoms with Crippen LogP contribution in [0.5, 0.6) is 0 Å². The highest BCUT2D eigenvalue weighted by atomic mass is 16.1. The highest BCUT2D eigenvalue weighted by molar-refractivity contribution is 5.92. The molecule has 8 nitrogen and oxygen atoms in total. The number of nitrogens with one attached hydrogen (secondary N) is 1. The van der Waals surface area contributed by atoms with Crippen molar-refractivity contribution < 1.29 is 4.79 Å². The molecule has 1 amide bonds. The van der Waals surface area contributed by atoms with Crippen molar-refractivity contribution in [3.05, 3.63) is 35.9 Å². The van der Waals surface area contributed by atoms with E-state index in [9.17, 15) is 4.79 Å². The van der Waals surface area contributed by atoms with Gasteiger partial charge in [0.25, 0.3) is 5.91 Å². The Morgan fingerprint density at radius 3 is 2.21 bits per heavy atom. The summed E-state index contributed by atoms with van der Waals surface area (Å²) in [6, 6.07) is 3.86. The predicted molar refractivity (Wildman–Crippen MR) is 112 cm³/mol. The van der Waals surface area contributed by atoms with Gasteiger partial charge in [-0.3, -0.25) is 4.79 Å². The molecular formula is C21H29N7O. The predicted octanol–water partition coefficient (Wildman–Crippen LogP) is 2.35. The van der Waals surface area contributed by atoms with E-state index >= 15 is 0 Å². The molecule has 154 valence electrons. The largest absolute Gasteiger partial charge is 0.348 e. The minimum Gasteiger partial charge on any atom is -0.348 e. The maximum Gasteiger partial charge on any atom is 0.270 e. The van der Waals surface area contributed by atoms with E-state index in [0.29, 0.717) is 11.6 Å². The van der Waals surface area contributed by atoms with Gasteiger partial charge in [0, 0.05) is 50.3 Å². The number of hydrogen-bond acceptors (Lipinski definition) is 7. The topological polar surface area (TPSA) is 87.1 Å². The molecule has 1 aliphatic heterocycles. The van der Waals surface area contributed by atoms with Crippen LogP contribution in [0.25, 0.3) is 0 Å². The molecule has 8 heteroatoms. The molecule has 29 heavy (non-hydrogen) atoms. The van der Waals surface area contributed by atoms with Crippen molar-refractivity contribution in [3.8, 4) is 0 Å². The van der Waals surface area contributed by atoms with Gasteiger partial charge in [0.1, 0.15) is 5.69 Å². The number of carbonyl (C=O) groups excluding carboxylic acids is 1. The third-order valence-electron chi connectivity index (χ3n) is 5.66. The first-order valence-electron chi connectivity index (χ1n) is 10.6. The van der Waals surface area contributed by atoms with Crippen molar-refractivity contribution in [2.45, 2.75) is 51.5 Å². The normalized spacial score (nSPS) is 18.4. The summed E-state index contributed by atoms with van der Waals surface area (Å²) in [5, 5.41) is 3.19. The average Bonchev–Trinajstić information content (AvgIpc) is 3.03. The molecule has 2 aromatic rings. The molecule has 0 aromatic carbocycles. The van der Waals surface area contributed by atoms with Crippen LogP contribution in [0.4, 0.5) is 11.9 Å². The first kappa shape index (κ1) is 19.5. The van der Waals surface area contributed by atoms with Crippen LogP contribution in [-0.2, 0) is 0 Å². The second-order valence-corrected chi connectivity index (χ2v) is 7.88. The van der Waals surface area contributed by atoms with Crippen LogP contribution < -0.4 is 15.1 Å². The molecule has 0 radical (unpaired) electrons. The van der Waals surface area contributed by atoms with Gasteiger partial charge in [-0.05, 0) is 31.9 Å². The fourth-order valence-electron chi connectivity index (χ4n) is 4.05. The van der Waals surface area contributed by atoms with Crippen molar-refractivity contribution >= 4 is 17.8 Å². The fourth-order valence-corrected chi connectivity index (χ4v) is 4.05. The van der Waals surface area contributed by atoms with E-state index in [0.717, 1.165) is 50.7 Å². The number of carbonyl (C=O) groups is 1. The van der Waals surface area contributed by atoms with Gasteiger partial charge in [0.2, 0.25) is 11.9 Å². The van der Waals surface area contributed by atoms with Crippen molar-refractivity contribution in [3.63, 3.8) is 0 Å². The number of hydrogen-bond donors (Lipinski definition) is 1. The number of aryl methyl sites for hydroxylation is 1. The van der Waals surface area contributed by atoms with E-state index in [2.05, 4.69) is 35.1 Å². The van der Waals surface area contributed by atoms with Gasteiger partial charge >= 0.3 is 0 Å². The van der Waals surface area contributed by atoms with Crippen LogP contribution in [-0.4, -0.2) is 58.1 Å². The molecule has 2 aliphatic rings. The molecule has 1 aliphatic carbocycles. The molecule has 3 heterocycles. The molecule has 2 fully saturated rings. The summed E-state index contributed by atoms with van der Waals surface area (Å²) in [6.07, 6.45) is 10.6. The molecule has 1 saturated carbocycles. The standard InChI is InChI=1S/C21H29N7O/c1-16-15-18(19(29)25-17-7-4-2-3-5-8-17)26-21(24-16)28-13-11-27(12-14-28)20-22-9-6-10-23-20/h6,9-10,15,17H,2-5,7-8,11-14H2,1H3,(H,25,29). The lowest BCUT2D eigenvalue weighted by Crippen LogP contribution is -2.48. The Hall–Kier alpha value is -2.77. The summed E-state index contributed by atoms with van der Waals surface area (Å²) in [5.41, 5.74) is 1.28. The summed E-state index contributed by atoms with van der Waals surface area (Å²) >= 11 is 0. The fraction of sp³-hybridized carbons (Fsp3) is 0.571. The van der Waals surface area contributed by atoms with Gasteiger partial charge < -0.3 is 15.1 Å². The number of nitrogens with zero attached hydrogens (tertiary/aromatic N) is 6. The zero-order valence-electron chi connectivity index (χ0n) is 17.0. The number of rotatable bonds is 4. The smallest absolute Gasteiger partial charge is 0.270 e. The molecule has 2 aromatic heterocycles. The zero-order chi connectivity index (χ0) is 20.1. The van der Waals surface area contributed by atoms with Crippen LogP contribution in [0.1, 0.15) is 54.7 Å². The Morgan fingerprint density at radius 2 is 1.55 bits per heavy atom. The van der Waals surface area contributed by atoms with Gasteiger partial charge in [-0.2, -0.15) is 0 Å². The van der Waals surface area contributed by atoms with Crippen molar-refractivity contribution in [1.82, 2.24) is 25.3 Å². The quantitative estimate of drug-likeness (QED) is 0.795. The van der Waals surface area contributed by atoms with Crippen LogP contribution >= 0.6 is 0 Å². The summed E-state index contributed by atoms with van der Waals surface area (Å²) in [4.78, 5) is 34.9. The van der Waals surface area contributed by atoms with E-state index in [-0.39, 0.29) is 11.9 Å². The van der Waals surface area contributed by atoms with E-state index in [1.165, 1.54) is 25.7 Å². The Balaban J connectivity index is 1.41. The van der Waals surface area contributed by atoms with E-state index < -0.39 is 0 Å². The Labute approximate surface area is 171 Å². The Kier molecular flexibility index (Phi) is 6.17. The third kappa shape index (κ3) is 4.99. The lowest BCUT2D eigenvalue weighted by molar-refractivity contribution is 0.0928. The first-order valence-corrected chi connectivity index (χ1v) is 10.6. The minimum absolute atomic E-state index is 0.0834. The number of anilines is 2. The second-order valence-electron chi connectivity index (χ2n) is 7.88. The van der Waals surface area contributed by atoms with Gasteiger partial charge in [-0.15, -0.1) is 0 Å². The zero-order valence-corrected chi connectivity index (χ0v) is 17.0. The summed E-state index contributed by atoms with van der Waals surface area (Å²) < 4.78 is 0. The number of piperazine rings is 1. The van der Waals surface area contributed by atoms with Crippen molar-refractivity contribution in [2.75, 3.05) is 36.0 Å². The van der Waals surface area contributed by atoms with Gasteiger partial charge in [-0.1, -0.05) is 25.7 Å². The van der Waals surface area contributed by atoms with E-state index in [1.807, 2.05) is 13.0 Å². The van der Waals surface area contributed by atoms with Crippen LogP contribution in [0.15, 0.2) is 24.5 Å². The minimum atomic E-state index is -0.0834. The molecule has 0 bridgehead atoms. The average molecular weight is 396 g/mol. The molecular weight excluding hydrogens is 366 g/mol. The molecule has 0 atom stereocenters. The first-order chi connectivity index (χ1) is 14.2. The molecule has 1 N–H and O–H groups in total. The van der Waals surface area contributed by atoms with E-state index in [1.54, 1.807) is 18.5 Å². The molecule has 4 rings (SSSR count). The highest BCUT2D eigenvalue weighted by Gasteiger charge is 2.23. The number of amides is 1. The Morgan fingerprint density at radius 1 is 0.931 bits per heavy atom. The van der Waals surface area contributed by atoms with Gasteiger partial charge in [-0.25, -0.2) is 19.9 Å². The maximum atomic E-state index is 12.8. The lowest BCUT2D eigenvalue weighted by atomic mass is 10.1. The molecule has 1 saturated heterocycles. The van der Waals surface area contributed by atoms with Crippen LogP contribution in [0, 0.1) is 6.92 Å². The molecule has 0 unspecified atom stereocenters.